The van der Waals surface area contributed by atoms with Gasteiger partial charge in [-0.25, -0.2) is 4.99 Å². The number of nitrogens with zero attached hydrogens (tertiary/aromatic N) is 5. The van der Waals surface area contributed by atoms with Crippen LogP contribution in [0.2, 0.25) is 0 Å². The fourth-order valence-electron chi connectivity index (χ4n) is 2.53. The molecule has 0 spiro atoms. The highest BCUT2D eigenvalue weighted by Gasteiger charge is 2.09. The molecule has 0 aromatic carbocycles. The van der Waals surface area contributed by atoms with Gasteiger partial charge in [0.15, 0.2) is 17.5 Å². The Hall–Kier alpha value is -2.68. The lowest BCUT2D eigenvalue weighted by atomic mass is 10.1. The molecule has 2 N–H and O–H groups in total. The van der Waals surface area contributed by atoms with Crippen LogP contribution in [0.3, 0.4) is 0 Å². The lowest BCUT2D eigenvalue weighted by Gasteiger charge is -2.11. The van der Waals surface area contributed by atoms with Crippen LogP contribution >= 0.6 is 11.3 Å². The van der Waals surface area contributed by atoms with Crippen molar-refractivity contribution in [3.8, 4) is 0 Å². The quantitative estimate of drug-likeness (QED) is 0.445. The van der Waals surface area contributed by atoms with E-state index in [9.17, 15) is 0 Å². The zero-order chi connectivity index (χ0) is 19.9. The van der Waals surface area contributed by atoms with Gasteiger partial charge in [-0.05, 0) is 30.7 Å². The Balaban J connectivity index is 1.61. The number of guanidine groups is 1. The van der Waals surface area contributed by atoms with Crippen LogP contribution in [0.4, 0.5) is 0 Å². The van der Waals surface area contributed by atoms with Gasteiger partial charge in [0.1, 0.15) is 12.4 Å². The van der Waals surface area contributed by atoms with Crippen LogP contribution in [0, 0.1) is 6.92 Å². The van der Waals surface area contributed by atoms with Gasteiger partial charge in [-0.3, -0.25) is 0 Å². The molecule has 9 heteroatoms. The first-order valence-corrected chi connectivity index (χ1v) is 10.3. The number of nitrogens with one attached hydrogen (secondary N) is 2. The highest BCUT2D eigenvalue weighted by atomic mass is 32.1. The molecule has 28 heavy (non-hydrogen) atoms. The minimum absolute atomic E-state index is 0.341. The second-order valence-corrected chi connectivity index (χ2v) is 7.90. The zero-order valence-electron chi connectivity index (χ0n) is 16.8. The van der Waals surface area contributed by atoms with Gasteiger partial charge in [0.2, 0.25) is 0 Å². The molecule has 0 saturated heterocycles. The van der Waals surface area contributed by atoms with Crippen molar-refractivity contribution in [1.29, 1.82) is 0 Å². The fourth-order valence-corrected chi connectivity index (χ4v) is 3.24. The van der Waals surface area contributed by atoms with E-state index in [0.29, 0.717) is 25.0 Å². The molecule has 8 nitrogen and oxygen atoms in total. The summed E-state index contributed by atoms with van der Waals surface area (Å²) in [6.07, 6.45) is 0.946. The monoisotopic (exact) mass is 401 g/mol. The van der Waals surface area contributed by atoms with Crippen molar-refractivity contribution in [2.45, 2.75) is 46.2 Å². The molecule has 0 fully saturated rings. The van der Waals surface area contributed by atoms with Crippen LogP contribution < -0.4 is 10.6 Å². The number of hydrogen-bond donors (Lipinski definition) is 2. The van der Waals surface area contributed by atoms with Gasteiger partial charge in [-0.1, -0.05) is 25.1 Å². The van der Waals surface area contributed by atoms with Crippen molar-refractivity contribution >= 4 is 17.3 Å². The van der Waals surface area contributed by atoms with Crippen LogP contribution in [0.25, 0.3) is 0 Å². The average molecular weight is 402 g/mol. The van der Waals surface area contributed by atoms with Gasteiger partial charge in [0.05, 0.1) is 12.2 Å². The number of aromatic nitrogens is 4. The second kappa shape index (κ2) is 9.50. The zero-order valence-corrected chi connectivity index (χ0v) is 17.6. The Bertz CT molecular complexity index is 895. The van der Waals surface area contributed by atoms with Crippen LogP contribution in [0.1, 0.15) is 47.7 Å². The first kappa shape index (κ1) is 20.1. The molecule has 0 saturated carbocycles. The smallest absolute Gasteiger partial charge is 0.192 e. The molecule has 0 unspecified atom stereocenters. The van der Waals surface area contributed by atoms with Crippen molar-refractivity contribution in [2.75, 3.05) is 6.54 Å². The molecule has 0 atom stereocenters. The van der Waals surface area contributed by atoms with E-state index in [4.69, 9.17) is 4.52 Å². The minimum atomic E-state index is 0.341. The summed E-state index contributed by atoms with van der Waals surface area (Å²) in [6, 6.07) is 6.19. The Kier molecular flexibility index (Phi) is 6.80. The third kappa shape index (κ3) is 5.41. The van der Waals surface area contributed by atoms with Crippen molar-refractivity contribution < 1.29 is 4.52 Å². The van der Waals surface area contributed by atoms with Crippen molar-refractivity contribution in [2.24, 2.45) is 12.0 Å². The van der Waals surface area contributed by atoms with E-state index in [-0.39, 0.29) is 0 Å². The summed E-state index contributed by atoms with van der Waals surface area (Å²) in [7, 11) is 1.94. The number of aliphatic imine (C=N–C) groups is 1. The topological polar surface area (TPSA) is 93.2 Å². The van der Waals surface area contributed by atoms with Gasteiger partial charge in [0.25, 0.3) is 0 Å². The number of aryl methyl sites for hydroxylation is 1. The van der Waals surface area contributed by atoms with E-state index in [1.54, 1.807) is 11.3 Å². The summed E-state index contributed by atoms with van der Waals surface area (Å²) in [5.74, 6) is 3.52. The van der Waals surface area contributed by atoms with Gasteiger partial charge in [-0.15, -0.1) is 21.5 Å². The Morgan fingerprint density at radius 1 is 1.32 bits per heavy atom. The van der Waals surface area contributed by atoms with Crippen LogP contribution in [0.5, 0.6) is 0 Å². The Morgan fingerprint density at radius 2 is 2.18 bits per heavy atom. The molecular formula is C19H27N7OS. The molecular weight excluding hydrogens is 374 g/mol. The second-order valence-electron chi connectivity index (χ2n) is 6.87. The summed E-state index contributed by atoms with van der Waals surface area (Å²) in [6.45, 7) is 7.86. The molecule has 0 amide bonds. The predicted octanol–water partition coefficient (Wildman–Crippen LogP) is 2.77. The van der Waals surface area contributed by atoms with Crippen LogP contribution in [0.15, 0.2) is 33.1 Å². The molecule has 3 aromatic rings. The first-order chi connectivity index (χ1) is 13.5. The predicted molar refractivity (Wildman–Crippen MR) is 110 cm³/mol. The molecule has 3 heterocycles. The third-order valence-corrected chi connectivity index (χ3v) is 5.34. The lowest BCUT2D eigenvalue weighted by molar-refractivity contribution is 0.372. The van der Waals surface area contributed by atoms with E-state index < -0.39 is 0 Å². The summed E-state index contributed by atoms with van der Waals surface area (Å²) in [4.78, 5) is 6.00. The van der Waals surface area contributed by atoms with E-state index >= 15 is 0 Å². The standard InChI is InChI=1S/C19H27N7OS/c1-13(2)17-10-15(27-25-17)11-21-19(20-8-7-16-6-5-9-28-16)22-12-18-24-23-14(3)26(18)4/h5-6,9-10,13H,7-8,11-12H2,1-4H3,(H2,20,21,22). The molecule has 0 aliphatic carbocycles. The lowest BCUT2D eigenvalue weighted by Crippen LogP contribution is -2.38. The summed E-state index contributed by atoms with van der Waals surface area (Å²) in [5, 5.41) is 21.1. The van der Waals surface area contributed by atoms with Crippen molar-refractivity contribution in [1.82, 2.24) is 30.6 Å². The highest BCUT2D eigenvalue weighted by Crippen LogP contribution is 2.13. The molecule has 3 aromatic heterocycles. The Labute approximate surface area is 169 Å². The SMILES string of the molecule is Cc1nnc(CN=C(NCCc2cccs2)NCc2cc(C(C)C)no2)n1C. The normalized spacial score (nSPS) is 12.0. The maximum atomic E-state index is 5.40. The van der Waals surface area contributed by atoms with E-state index in [0.717, 1.165) is 36.1 Å². The van der Waals surface area contributed by atoms with Crippen molar-refractivity contribution in [3.63, 3.8) is 0 Å². The first-order valence-electron chi connectivity index (χ1n) is 9.38. The molecule has 150 valence electrons. The van der Waals surface area contributed by atoms with Gasteiger partial charge < -0.3 is 19.7 Å². The van der Waals surface area contributed by atoms with E-state index in [2.05, 4.69) is 62.3 Å². The van der Waals surface area contributed by atoms with E-state index in [1.165, 1.54) is 4.88 Å². The minimum Gasteiger partial charge on any atom is -0.359 e. The van der Waals surface area contributed by atoms with Crippen LogP contribution in [-0.2, 0) is 26.6 Å². The van der Waals surface area contributed by atoms with Gasteiger partial charge in [0, 0.05) is 24.5 Å². The van der Waals surface area contributed by atoms with E-state index in [1.807, 2.05) is 24.6 Å². The molecule has 0 aliphatic rings. The van der Waals surface area contributed by atoms with Gasteiger partial charge >= 0.3 is 0 Å². The summed E-state index contributed by atoms with van der Waals surface area (Å²) in [5.41, 5.74) is 0.954. The average Bonchev–Trinajstić information content (AvgIpc) is 3.41. The number of thiophene rings is 1. The maximum absolute atomic E-state index is 5.40. The highest BCUT2D eigenvalue weighted by molar-refractivity contribution is 7.09. The largest absolute Gasteiger partial charge is 0.359 e. The Morgan fingerprint density at radius 3 is 2.82 bits per heavy atom. The maximum Gasteiger partial charge on any atom is 0.192 e. The van der Waals surface area contributed by atoms with Crippen LogP contribution in [-0.4, -0.2) is 32.4 Å². The molecule has 0 bridgehead atoms. The van der Waals surface area contributed by atoms with Crippen molar-refractivity contribution in [3.05, 3.63) is 51.6 Å². The number of hydrogen-bond acceptors (Lipinski definition) is 6. The van der Waals surface area contributed by atoms with Gasteiger partial charge in [-0.2, -0.15) is 0 Å². The fraction of sp³-hybridized carbons (Fsp3) is 0.474. The summed E-state index contributed by atoms with van der Waals surface area (Å²) >= 11 is 1.76. The summed E-state index contributed by atoms with van der Waals surface area (Å²) < 4.78 is 7.35. The third-order valence-electron chi connectivity index (χ3n) is 4.40. The molecule has 3 rings (SSSR count). The molecule has 0 radical (unpaired) electrons. The number of rotatable bonds is 8. The molecule has 0 aliphatic heterocycles.